The number of nitrogens with zero attached hydrogens (tertiary/aromatic N) is 1. The Balaban J connectivity index is 2.30. The van der Waals surface area contributed by atoms with Crippen molar-refractivity contribution in [3.05, 3.63) is 0 Å². The van der Waals surface area contributed by atoms with Crippen molar-refractivity contribution in [2.24, 2.45) is 11.1 Å². The standard InChI is InChI=1S/C13H26N2OS/c1-12(2,11(14)17)6-5-7-15-8-9-16-13(3,4)10-15/h5-10H2,1-4H3,(H2,14,17). The maximum atomic E-state index is 5.73. The average molecular weight is 258 g/mol. The van der Waals surface area contributed by atoms with Crippen LogP contribution in [0.4, 0.5) is 0 Å². The number of ether oxygens (including phenoxy) is 1. The summed E-state index contributed by atoms with van der Waals surface area (Å²) in [6, 6.07) is 0. The molecule has 17 heavy (non-hydrogen) atoms. The number of hydrogen-bond acceptors (Lipinski definition) is 3. The molecule has 0 unspecified atom stereocenters. The van der Waals surface area contributed by atoms with Crippen LogP contribution in [-0.4, -0.2) is 41.7 Å². The second-order valence-electron chi connectivity index (χ2n) is 6.24. The number of morpholine rings is 1. The first-order valence-electron chi connectivity index (χ1n) is 6.39. The second kappa shape index (κ2) is 5.63. The topological polar surface area (TPSA) is 38.5 Å². The van der Waals surface area contributed by atoms with Gasteiger partial charge in [0.15, 0.2) is 0 Å². The summed E-state index contributed by atoms with van der Waals surface area (Å²) in [5, 5.41) is 0. The molecule has 0 aromatic rings. The Hall–Kier alpha value is -0.190. The van der Waals surface area contributed by atoms with Crippen LogP contribution in [0.15, 0.2) is 0 Å². The van der Waals surface area contributed by atoms with Crippen molar-refractivity contribution in [2.45, 2.75) is 46.1 Å². The van der Waals surface area contributed by atoms with Gasteiger partial charge in [-0.2, -0.15) is 0 Å². The second-order valence-corrected chi connectivity index (χ2v) is 6.68. The van der Waals surface area contributed by atoms with Crippen molar-refractivity contribution in [3.8, 4) is 0 Å². The predicted molar refractivity (Wildman–Crippen MR) is 76.3 cm³/mol. The van der Waals surface area contributed by atoms with Crippen LogP contribution in [0.3, 0.4) is 0 Å². The molecule has 0 saturated carbocycles. The Labute approximate surface area is 111 Å². The monoisotopic (exact) mass is 258 g/mol. The van der Waals surface area contributed by atoms with E-state index < -0.39 is 0 Å². The fraction of sp³-hybridized carbons (Fsp3) is 0.923. The van der Waals surface area contributed by atoms with Crippen molar-refractivity contribution < 1.29 is 4.74 Å². The Morgan fingerprint density at radius 1 is 1.47 bits per heavy atom. The number of thiocarbonyl (C=S) groups is 1. The van der Waals surface area contributed by atoms with Crippen LogP contribution in [0, 0.1) is 5.41 Å². The highest BCUT2D eigenvalue weighted by Gasteiger charge is 2.27. The minimum Gasteiger partial charge on any atom is -0.393 e. The fourth-order valence-corrected chi connectivity index (χ4v) is 2.27. The molecule has 0 radical (unpaired) electrons. The van der Waals surface area contributed by atoms with E-state index in [0.717, 1.165) is 39.1 Å². The van der Waals surface area contributed by atoms with Crippen LogP contribution in [0.2, 0.25) is 0 Å². The Kier molecular flexibility index (Phi) is 4.93. The molecule has 1 aliphatic rings. The molecule has 0 aromatic heterocycles. The highest BCUT2D eigenvalue weighted by Crippen LogP contribution is 2.23. The van der Waals surface area contributed by atoms with E-state index in [1.807, 2.05) is 0 Å². The molecule has 0 aromatic carbocycles. The SMILES string of the molecule is CC1(C)CN(CCCC(C)(C)C(N)=S)CCO1. The van der Waals surface area contributed by atoms with E-state index in [1.165, 1.54) is 0 Å². The normalized spacial score (nSPS) is 21.4. The average Bonchev–Trinajstić information content (AvgIpc) is 2.15. The smallest absolute Gasteiger partial charge is 0.0784 e. The van der Waals surface area contributed by atoms with Crippen LogP contribution in [0.25, 0.3) is 0 Å². The molecular weight excluding hydrogens is 232 g/mol. The molecule has 0 aliphatic carbocycles. The molecular formula is C13H26N2OS. The molecule has 4 heteroatoms. The molecule has 2 N–H and O–H groups in total. The molecule has 100 valence electrons. The summed E-state index contributed by atoms with van der Waals surface area (Å²) in [4.78, 5) is 3.10. The van der Waals surface area contributed by atoms with Crippen LogP contribution in [-0.2, 0) is 4.74 Å². The quantitative estimate of drug-likeness (QED) is 0.767. The zero-order valence-corrected chi connectivity index (χ0v) is 12.4. The van der Waals surface area contributed by atoms with Crippen molar-refractivity contribution in [1.29, 1.82) is 0 Å². The van der Waals surface area contributed by atoms with Gasteiger partial charge in [0.1, 0.15) is 0 Å². The summed E-state index contributed by atoms with van der Waals surface area (Å²) in [6.45, 7) is 12.6. The van der Waals surface area contributed by atoms with Gasteiger partial charge in [-0.1, -0.05) is 26.1 Å². The van der Waals surface area contributed by atoms with Gasteiger partial charge in [0, 0.05) is 18.5 Å². The zero-order valence-electron chi connectivity index (χ0n) is 11.6. The first-order valence-corrected chi connectivity index (χ1v) is 6.80. The van der Waals surface area contributed by atoms with Crippen molar-refractivity contribution in [3.63, 3.8) is 0 Å². The molecule has 0 bridgehead atoms. The van der Waals surface area contributed by atoms with E-state index in [1.54, 1.807) is 0 Å². The molecule has 1 fully saturated rings. The van der Waals surface area contributed by atoms with E-state index >= 15 is 0 Å². The van der Waals surface area contributed by atoms with E-state index in [2.05, 4.69) is 32.6 Å². The molecule has 1 saturated heterocycles. The van der Waals surface area contributed by atoms with Gasteiger partial charge in [-0.25, -0.2) is 0 Å². The van der Waals surface area contributed by atoms with Gasteiger partial charge in [0.25, 0.3) is 0 Å². The summed E-state index contributed by atoms with van der Waals surface area (Å²) in [5.74, 6) is 0. The maximum absolute atomic E-state index is 5.73. The van der Waals surface area contributed by atoms with Gasteiger partial charge in [0.2, 0.25) is 0 Å². The summed E-state index contributed by atoms with van der Waals surface area (Å²) in [7, 11) is 0. The van der Waals surface area contributed by atoms with Crippen LogP contribution >= 0.6 is 12.2 Å². The van der Waals surface area contributed by atoms with Crippen LogP contribution in [0.5, 0.6) is 0 Å². The number of rotatable bonds is 5. The molecule has 1 aliphatic heterocycles. The number of hydrogen-bond donors (Lipinski definition) is 1. The van der Waals surface area contributed by atoms with Gasteiger partial charge >= 0.3 is 0 Å². The molecule has 1 heterocycles. The molecule has 1 rings (SSSR count). The van der Waals surface area contributed by atoms with Crippen molar-refractivity contribution in [1.82, 2.24) is 4.90 Å². The largest absolute Gasteiger partial charge is 0.393 e. The lowest BCUT2D eigenvalue weighted by Crippen LogP contribution is -2.48. The van der Waals surface area contributed by atoms with E-state index in [0.29, 0.717) is 4.99 Å². The van der Waals surface area contributed by atoms with Gasteiger partial charge in [-0.15, -0.1) is 0 Å². The number of nitrogens with two attached hydrogens (primary N) is 1. The van der Waals surface area contributed by atoms with Crippen molar-refractivity contribution >= 4 is 17.2 Å². The Morgan fingerprint density at radius 3 is 2.65 bits per heavy atom. The van der Waals surface area contributed by atoms with Gasteiger partial charge in [-0.3, -0.25) is 4.90 Å². The first kappa shape index (κ1) is 14.9. The fourth-order valence-electron chi connectivity index (χ4n) is 2.17. The first-order chi connectivity index (χ1) is 7.73. The minimum atomic E-state index is -0.0167. The lowest BCUT2D eigenvalue weighted by Gasteiger charge is -2.38. The third-order valence-electron chi connectivity index (χ3n) is 3.45. The molecule has 0 spiro atoms. The van der Waals surface area contributed by atoms with Gasteiger partial charge in [0.05, 0.1) is 17.2 Å². The van der Waals surface area contributed by atoms with Crippen molar-refractivity contribution in [2.75, 3.05) is 26.2 Å². The van der Waals surface area contributed by atoms with Gasteiger partial charge < -0.3 is 10.5 Å². The lowest BCUT2D eigenvalue weighted by molar-refractivity contribution is -0.0862. The Morgan fingerprint density at radius 2 is 2.12 bits per heavy atom. The third-order valence-corrected chi connectivity index (χ3v) is 4.00. The van der Waals surface area contributed by atoms with Crippen LogP contribution < -0.4 is 5.73 Å². The lowest BCUT2D eigenvalue weighted by atomic mass is 9.88. The molecule has 0 atom stereocenters. The molecule has 3 nitrogen and oxygen atoms in total. The highest BCUT2D eigenvalue weighted by atomic mass is 32.1. The van der Waals surface area contributed by atoms with Gasteiger partial charge in [-0.05, 0) is 33.2 Å². The van der Waals surface area contributed by atoms with E-state index in [4.69, 9.17) is 22.7 Å². The van der Waals surface area contributed by atoms with E-state index in [9.17, 15) is 0 Å². The summed E-state index contributed by atoms with van der Waals surface area (Å²) >= 11 is 5.08. The maximum Gasteiger partial charge on any atom is 0.0784 e. The zero-order chi connectivity index (χ0) is 13.1. The summed E-state index contributed by atoms with van der Waals surface area (Å²) in [5.41, 5.74) is 5.71. The predicted octanol–water partition coefficient (Wildman–Crippen LogP) is 2.19. The highest BCUT2D eigenvalue weighted by molar-refractivity contribution is 7.80. The third kappa shape index (κ3) is 4.90. The van der Waals surface area contributed by atoms with Crippen LogP contribution in [0.1, 0.15) is 40.5 Å². The summed E-state index contributed by atoms with van der Waals surface area (Å²) in [6.07, 6.45) is 2.19. The molecule has 0 amide bonds. The summed E-state index contributed by atoms with van der Waals surface area (Å²) < 4.78 is 5.70. The Bertz CT molecular complexity index is 277. The minimum absolute atomic E-state index is 0.00304. The van der Waals surface area contributed by atoms with E-state index in [-0.39, 0.29) is 11.0 Å².